The number of piperidine rings is 1. The maximum absolute atomic E-state index is 12.1. The minimum atomic E-state index is -0.658. The van der Waals surface area contributed by atoms with Gasteiger partial charge in [0.1, 0.15) is 0 Å². The van der Waals surface area contributed by atoms with E-state index >= 15 is 0 Å². The molecular weight excluding hydrogens is 276 g/mol. The SMILES string of the molecule is CC(C)(C)c1ccc(C(O)CNC(=O)C2CCCNC2)cc1. The van der Waals surface area contributed by atoms with Crippen LogP contribution in [0.3, 0.4) is 0 Å². The van der Waals surface area contributed by atoms with Crippen LogP contribution in [0.5, 0.6) is 0 Å². The van der Waals surface area contributed by atoms with Crippen LogP contribution in [0.1, 0.15) is 50.8 Å². The Bertz CT molecular complexity index is 485. The highest BCUT2D eigenvalue weighted by Crippen LogP contribution is 2.23. The van der Waals surface area contributed by atoms with Gasteiger partial charge in [0, 0.05) is 13.1 Å². The summed E-state index contributed by atoms with van der Waals surface area (Å²) in [5.74, 6) is 0.0711. The highest BCUT2D eigenvalue weighted by atomic mass is 16.3. The third kappa shape index (κ3) is 4.55. The lowest BCUT2D eigenvalue weighted by atomic mass is 9.86. The zero-order chi connectivity index (χ0) is 16.2. The first-order chi connectivity index (χ1) is 10.4. The predicted octanol–water partition coefficient (Wildman–Crippen LogP) is 2.13. The van der Waals surface area contributed by atoms with E-state index in [1.807, 2.05) is 24.3 Å². The monoisotopic (exact) mass is 304 g/mol. The summed E-state index contributed by atoms with van der Waals surface area (Å²) >= 11 is 0. The molecule has 3 N–H and O–H groups in total. The maximum Gasteiger partial charge on any atom is 0.224 e. The molecule has 1 aliphatic heterocycles. The minimum absolute atomic E-state index is 0.0317. The third-order valence-electron chi connectivity index (χ3n) is 4.30. The molecule has 2 atom stereocenters. The summed E-state index contributed by atoms with van der Waals surface area (Å²) in [5.41, 5.74) is 2.18. The van der Waals surface area contributed by atoms with Gasteiger partial charge in [-0.05, 0) is 35.9 Å². The molecule has 1 amide bonds. The van der Waals surface area contributed by atoms with Gasteiger partial charge in [-0.2, -0.15) is 0 Å². The van der Waals surface area contributed by atoms with Crippen molar-refractivity contribution in [3.8, 4) is 0 Å². The van der Waals surface area contributed by atoms with Crippen molar-refractivity contribution in [3.63, 3.8) is 0 Å². The maximum atomic E-state index is 12.1. The van der Waals surface area contributed by atoms with Crippen molar-refractivity contribution < 1.29 is 9.90 Å². The fourth-order valence-corrected chi connectivity index (χ4v) is 2.74. The Morgan fingerprint density at radius 1 is 1.36 bits per heavy atom. The molecule has 0 radical (unpaired) electrons. The Morgan fingerprint density at radius 2 is 2.05 bits per heavy atom. The molecular formula is C18H28N2O2. The molecule has 0 bridgehead atoms. The summed E-state index contributed by atoms with van der Waals surface area (Å²) in [6, 6.07) is 7.98. The lowest BCUT2D eigenvalue weighted by Crippen LogP contribution is -2.41. The molecule has 0 aliphatic carbocycles. The van der Waals surface area contributed by atoms with Gasteiger partial charge < -0.3 is 15.7 Å². The molecule has 2 unspecified atom stereocenters. The molecule has 0 spiro atoms. The molecule has 1 aromatic rings. The highest BCUT2D eigenvalue weighted by Gasteiger charge is 2.21. The molecule has 1 heterocycles. The average molecular weight is 304 g/mol. The van der Waals surface area contributed by atoms with Crippen molar-refractivity contribution in [2.24, 2.45) is 5.92 Å². The second kappa shape index (κ2) is 7.25. The number of carbonyl (C=O) groups is 1. The van der Waals surface area contributed by atoms with E-state index in [0.717, 1.165) is 31.5 Å². The molecule has 122 valence electrons. The van der Waals surface area contributed by atoms with Gasteiger partial charge in [-0.15, -0.1) is 0 Å². The quantitative estimate of drug-likeness (QED) is 0.798. The van der Waals surface area contributed by atoms with E-state index in [2.05, 4.69) is 31.4 Å². The van der Waals surface area contributed by atoms with Gasteiger partial charge in [0.15, 0.2) is 0 Å². The summed E-state index contributed by atoms with van der Waals surface area (Å²) in [7, 11) is 0. The topological polar surface area (TPSA) is 61.4 Å². The van der Waals surface area contributed by atoms with Crippen LogP contribution in [-0.4, -0.2) is 30.6 Å². The van der Waals surface area contributed by atoms with Gasteiger partial charge in [0.05, 0.1) is 12.0 Å². The molecule has 0 aromatic heterocycles. The molecule has 22 heavy (non-hydrogen) atoms. The highest BCUT2D eigenvalue weighted by molar-refractivity contribution is 5.79. The van der Waals surface area contributed by atoms with Gasteiger partial charge in [-0.25, -0.2) is 0 Å². The minimum Gasteiger partial charge on any atom is -0.387 e. The van der Waals surface area contributed by atoms with E-state index in [-0.39, 0.29) is 23.8 Å². The van der Waals surface area contributed by atoms with Crippen molar-refractivity contribution in [1.29, 1.82) is 0 Å². The summed E-state index contributed by atoms with van der Waals surface area (Å²) < 4.78 is 0. The fraction of sp³-hybridized carbons (Fsp3) is 0.611. The second-order valence-corrected chi connectivity index (χ2v) is 7.18. The number of rotatable bonds is 4. The van der Waals surface area contributed by atoms with Crippen LogP contribution in [0.15, 0.2) is 24.3 Å². The Balaban J connectivity index is 1.86. The second-order valence-electron chi connectivity index (χ2n) is 7.18. The van der Waals surface area contributed by atoms with E-state index in [1.54, 1.807) is 0 Å². The summed E-state index contributed by atoms with van der Waals surface area (Å²) in [6.07, 6.45) is 1.30. The van der Waals surface area contributed by atoms with Crippen LogP contribution in [0, 0.1) is 5.92 Å². The van der Waals surface area contributed by atoms with E-state index in [0.29, 0.717) is 0 Å². The van der Waals surface area contributed by atoms with Crippen LogP contribution in [0.25, 0.3) is 0 Å². The van der Waals surface area contributed by atoms with E-state index in [4.69, 9.17) is 0 Å². The number of carbonyl (C=O) groups excluding carboxylic acids is 1. The third-order valence-corrected chi connectivity index (χ3v) is 4.30. The number of aliphatic hydroxyl groups excluding tert-OH is 1. The molecule has 1 aromatic carbocycles. The first-order valence-corrected chi connectivity index (χ1v) is 8.15. The van der Waals surface area contributed by atoms with Crippen molar-refractivity contribution in [1.82, 2.24) is 10.6 Å². The zero-order valence-electron chi connectivity index (χ0n) is 13.9. The van der Waals surface area contributed by atoms with Crippen LogP contribution in [0.2, 0.25) is 0 Å². The molecule has 1 aliphatic rings. The lowest BCUT2D eigenvalue weighted by molar-refractivity contribution is -0.125. The first kappa shape index (κ1) is 17.0. The van der Waals surface area contributed by atoms with Gasteiger partial charge >= 0.3 is 0 Å². The van der Waals surface area contributed by atoms with Crippen LogP contribution in [0.4, 0.5) is 0 Å². The van der Waals surface area contributed by atoms with Crippen molar-refractivity contribution in [3.05, 3.63) is 35.4 Å². The summed E-state index contributed by atoms with van der Waals surface area (Å²) in [6.45, 7) is 8.49. The smallest absolute Gasteiger partial charge is 0.224 e. The number of hydrogen-bond acceptors (Lipinski definition) is 3. The summed E-state index contributed by atoms with van der Waals surface area (Å²) in [4.78, 5) is 12.1. The Kier molecular flexibility index (Phi) is 5.59. The zero-order valence-corrected chi connectivity index (χ0v) is 13.9. The lowest BCUT2D eigenvalue weighted by Gasteiger charge is -2.23. The number of aliphatic hydroxyl groups is 1. The van der Waals surface area contributed by atoms with E-state index in [1.165, 1.54) is 5.56 Å². The first-order valence-electron chi connectivity index (χ1n) is 8.15. The molecule has 1 saturated heterocycles. The number of amides is 1. The molecule has 4 nitrogen and oxygen atoms in total. The Hall–Kier alpha value is -1.39. The van der Waals surface area contributed by atoms with Gasteiger partial charge in [0.25, 0.3) is 0 Å². The number of benzene rings is 1. The van der Waals surface area contributed by atoms with Gasteiger partial charge in [0.2, 0.25) is 5.91 Å². The molecule has 2 rings (SSSR count). The normalized spacial score (nSPS) is 20.5. The van der Waals surface area contributed by atoms with Crippen LogP contribution in [-0.2, 0) is 10.2 Å². The predicted molar refractivity (Wildman–Crippen MR) is 88.7 cm³/mol. The van der Waals surface area contributed by atoms with E-state index < -0.39 is 6.10 Å². The van der Waals surface area contributed by atoms with Crippen molar-refractivity contribution in [2.75, 3.05) is 19.6 Å². The van der Waals surface area contributed by atoms with Crippen molar-refractivity contribution in [2.45, 2.75) is 45.1 Å². The molecule has 0 saturated carbocycles. The van der Waals surface area contributed by atoms with Crippen LogP contribution < -0.4 is 10.6 Å². The average Bonchev–Trinajstić information content (AvgIpc) is 2.52. The number of hydrogen-bond donors (Lipinski definition) is 3. The Labute approximate surface area is 133 Å². The standard InChI is InChI=1S/C18H28N2O2/c1-18(2,3)15-8-6-13(7-9-15)16(21)12-20-17(22)14-5-4-10-19-11-14/h6-9,14,16,19,21H,4-5,10-12H2,1-3H3,(H,20,22). The fourth-order valence-electron chi connectivity index (χ4n) is 2.74. The van der Waals surface area contributed by atoms with Gasteiger partial charge in [-0.1, -0.05) is 45.0 Å². The molecule has 4 heteroatoms. The largest absolute Gasteiger partial charge is 0.387 e. The van der Waals surface area contributed by atoms with Crippen molar-refractivity contribution >= 4 is 5.91 Å². The Morgan fingerprint density at radius 3 is 2.59 bits per heavy atom. The van der Waals surface area contributed by atoms with E-state index in [9.17, 15) is 9.90 Å². The van der Waals surface area contributed by atoms with Crippen LogP contribution >= 0.6 is 0 Å². The van der Waals surface area contributed by atoms with Gasteiger partial charge in [-0.3, -0.25) is 4.79 Å². The summed E-state index contributed by atoms with van der Waals surface area (Å²) in [5, 5.41) is 16.3. The number of nitrogens with one attached hydrogen (secondary N) is 2. The molecule has 1 fully saturated rings.